The van der Waals surface area contributed by atoms with Crippen LogP contribution >= 0.6 is 0 Å². The number of pyridine rings is 2. The molecule has 19 heavy (non-hydrogen) atoms. The van der Waals surface area contributed by atoms with E-state index in [1.807, 2.05) is 18.2 Å². The van der Waals surface area contributed by atoms with Crippen LogP contribution in [0.5, 0.6) is 5.75 Å². The molecule has 0 saturated carbocycles. The number of carbonyl (C=O) groups excluding carboxylic acids is 1. The Morgan fingerprint density at radius 3 is 3.00 bits per heavy atom. The van der Waals surface area contributed by atoms with Gasteiger partial charge in [0.25, 0.3) is 0 Å². The molecule has 1 aliphatic heterocycles. The molecule has 3 rings (SSSR count). The minimum atomic E-state index is -0.522. The fraction of sp³-hybridized carbons (Fsp3) is 0.154. The van der Waals surface area contributed by atoms with Crippen molar-refractivity contribution in [2.75, 3.05) is 18.1 Å². The van der Waals surface area contributed by atoms with E-state index in [0.717, 1.165) is 11.1 Å². The zero-order chi connectivity index (χ0) is 13.2. The van der Waals surface area contributed by atoms with Crippen LogP contribution in [0.15, 0.2) is 36.8 Å². The Morgan fingerprint density at radius 1 is 1.37 bits per heavy atom. The Bertz CT molecular complexity index is 615. The molecule has 0 saturated heterocycles. The van der Waals surface area contributed by atoms with E-state index in [9.17, 15) is 4.79 Å². The monoisotopic (exact) mass is 256 g/mol. The summed E-state index contributed by atoms with van der Waals surface area (Å²) in [5.41, 5.74) is 7.14. The van der Waals surface area contributed by atoms with Crippen LogP contribution in [-0.2, 0) is 0 Å². The fourth-order valence-corrected chi connectivity index (χ4v) is 2.01. The zero-order valence-corrected chi connectivity index (χ0v) is 10.1. The Kier molecular flexibility index (Phi) is 2.75. The average molecular weight is 256 g/mol. The molecule has 2 amide bonds. The minimum Gasteiger partial charge on any atom is -0.488 e. The Labute approximate surface area is 109 Å². The summed E-state index contributed by atoms with van der Waals surface area (Å²) in [6.07, 6.45) is 5.14. The van der Waals surface area contributed by atoms with Crippen molar-refractivity contribution in [3.05, 3.63) is 36.8 Å². The van der Waals surface area contributed by atoms with Gasteiger partial charge in [-0.2, -0.15) is 0 Å². The highest BCUT2D eigenvalue weighted by molar-refractivity contribution is 5.92. The third-order valence-electron chi connectivity index (χ3n) is 2.92. The van der Waals surface area contributed by atoms with Crippen molar-refractivity contribution in [2.24, 2.45) is 5.73 Å². The predicted octanol–water partition coefficient (Wildman–Crippen LogP) is 1.42. The van der Waals surface area contributed by atoms with E-state index in [0.29, 0.717) is 24.7 Å². The third-order valence-corrected chi connectivity index (χ3v) is 2.92. The van der Waals surface area contributed by atoms with Crippen LogP contribution in [-0.4, -0.2) is 29.2 Å². The van der Waals surface area contributed by atoms with Gasteiger partial charge in [0, 0.05) is 29.7 Å². The van der Waals surface area contributed by atoms with Crippen molar-refractivity contribution in [1.82, 2.24) is 9.97 Å². The molecule has 0 aromatic carbocycles. The normalized spacial score (nSPS) is 13.6. The fourth-order valence-electron chi connectivity index (χ4n) is 2.01. The minimum absolute atomic E-state index is 0.411. The summed E-state index contributed by atoms with van der Waals surface area (Å²) < 4.78 is 5.53. The van der Waals surface area contributed by atoms with Gasteiger partial charge in [-0.1, -0.05) is 6.07 Å². The summed E-state index contributed by atoms with van der Waals surface area (Å²) >= 11 is 0. The summed E-state index contributed by atoms with van der Waals surface area (Å²) in [4.78, 5) is 21.1. The van der Waals surface area contributed by atoms with Gasteiger partial charge in [0.15, 0.2) is 11.6 Å². The lowest BCUT2D eigenvalue weighted by Crippen LogP contribution is -2.41. The lowest BCUT2D eigenvalue weighted by Gasteiger charge is -2.27. The summed E-state index contributed by atoms with van der Waals surface area (Å²) in [5, 5.41) is 0. The highest BCUT2D eigenvalue weighted by Crippen LogP contribution is 2.32. The van der Waals surface area contributed by atoms with Gasteiger partial charge in [-0.15, -0.1) is 0 Å². The predicted molar refractivity (Wildman–Crippen MR) is 69.9 cm³/mol. The molecule has 0 unspecified atom stereocenters. The molecule has 3 heterocycles. The largest absolute Gasteiger partial charge is 0.488 e. The quantitative estimate of drug-likeness (QED) is 0.836. The number of hydrogen-bond donors (Lipinski definition) is 1. The molecule has 96 valence electrons. The van der Waals surface area contributed by atoms with Gasteiger partial charge in [-0.3, -0.25) is 9.88 Å². The molecule has 0 atom stereocenters. The van der Waals surface area contributed by atoms with Crippen LogP contribution < -0.4 is 15.4 Å². The first-order chi connectivity index (χ1) is 9.25. The number of rotatable bonds is 1. The molecule has 6 nitrogen and oxygen atoms in total. The molecule has 2 aromatic heterocycles. The van der Waals surface area contributed by atoms with Crippen molar-refractivity contribution in [3.8, 4) is 16.9 Å². The van der Waals surface area contributed by atoms with Gasteiger partial charge >= 0.3 is 6.03 Å². The first kappa shape index (κ1) is 11.5. The van der Waals surface area contributed by atoms with Crippen molar-refractivity contribution >= 4 is 11.8 Å². The molecule has 2 N–H and O–H groups in total. The van der Waals surface area contributed by atoms with Gasteiger partial charge in [0.1, 0.15) is 6.61 Å². The molecular weight excluding hydrogens is 244 g/mol. The van der Waals surface area contributed by atoms with Crippen molar-refractivity contribution in [2.45, 2.75) is 0 Å². The second kappa shape index (κ2) is 4.56. The van der Waals surface area contributed by atoms with Crippen LogP contribution in [0.3, 0.4) is 0 Å². The number of aromatic nitrogens is 2. The number of carbonyl (C=O) groups is 1. The van der Waals surface area contributed by atoms with Crippen LogP contribution in [0.1, 0.15) is 0 Å². The maximum absolute atomic E-state index is 11.3. The van der Waals surface area contributed by atoms with Gasteiger partial charge in [-0.25, -0.2) is 9.78 Å². The maximum atomic E-state index is 11.3. The van der Waals surface area contributed by atoms with Crippen LogP contribution in [0.25, 0.3) is 11.1 Å². The molecule has 0 bridgehead atoms. The molecule has 0 fully saturated rings. The highest BCUT2D eigenvalue weighted by atomic mass is 16.5. The molecule has 0 aliphatic carbocycles. The lowest BCUT2D eigenvalue weighted by atomic mass is 10.1. The third kappa shape index (κ3) is 2.08. The number of amides is 2. The van der Waals surface area contributed by atoms with E-state index >= 15 is 0 Å². The summed E-state index contributed by atoms with van der Waals surface area (Å²) in [6, 6.07) is 5.11. The van der Waals surface area contributed by atoms with Crippen LogP contribution in [0.4, 0.5) is 10.6 Å². The second-order valence-corrected chi connectivity index (χ2v) is 4.13. The lowest BCUT2D eigenvalue weighted by molar-refractivity contribution is 0.246. The van der Waals surface area contributed by atoms with E-state index in [1.54, 1.807) is 18.6 Å². The number of nitrogens with two attached hydrogens (primary N) is 1. The molecule has 0 radical (unpaired) electrons. The standard InChI is InChI=1S/C13H12N4O2/c14-13(18)17-4-5-19-11-6-10(8-16-12(11)17)9-2-1-3-15-7-9/h1-3,6-8H,4-5H2,(H2,14,18). The number of nitrogens with zero attached hydrogens (tertiary/aromatic N) is 3. The highest BCUT2D eigenvalue weighted by Gasteiger charge is 2.23. The molecule has 1 aliphatic rings. The Hall–Kier alpha value is -2.63. The van der Waals surface area contributed by atoms with Gasteiger partial charge in [0.2, 0.25) is 0 Å². The van der Waals surface area contributed by atoms with E-state index in [-0.39, 0.29) is 0 Å². The first-order valence-corrected chi connectivity index (χ1v) is 5.86. The van der Waals surface area contributed by atoms with Gasteiger partial charge < -0.3 is 10.5 Å². The van der Waals surface area contributed by atoms with E-state index < -0.39 is 6.03 Å². The first-order valence-electron chi connectivity index (χ1n) is 5.86. The maximum Gasteiger partial charge on any atom is 0.320 e. The molecule has 0 spiro atoms. The number of fused-ring (bicyclic) bond motifs is 1. The Balaban J connectivity index is 2.03. The topological polar surface area (TPSA) is 81.3 Å². The molecule has 2 aromatic rings. The van der Waals surface area contributed by atoms with Crippen molar-refractivity contribution < 1.29 is 9.53 Å². The van der Waals surface area contributed by atoms with Crippen molar-refractivity contribution in [3.63, 3.8) is 0 Å². The zero-order valence-electron chi connectivity index (χ0n) is 10.1. The van der Waals surface area contributed by atoms with Gasteiger partial charge in [0.05, 0.1) is 6.54 Å². The number of hydrogen-bond acceptors (Lipinski definition) is 4. The smallest absolute Gasteiger partial charge is 0.320 e. The average Bonchev–Trinajstić information content (AvgIpc) is 2.47. The number of primary amides is 1. The van der Waals surface area contributed by atoms with Gasteiger partial charge in [-0.05, 0) is 12.1 Å². The second-order valence-electron chi connectivity index (χ2n) is 4.13. The summed E-state index contributed by atoms with van der Waals surface area (Å²) in [5.74, 6) is 1.03. The van der Waals surface area contributed by atoms with Crippen molar-refractivity contribution in [1.29, 1.82) is 0 Å². The summed E-state index contributed by atoms with van der Waals surface area (Å²) in [7, 11) is 0. The SMILES string of the molecule is NC(=O)N1CCOc2cc(-c3cccnc3)cnc21. The number of ether oxygens (including phenoxy) is 1. The van der Waals surface area contributed by atoms with E-state index in [4.69, 9.17) is 10.5 Å². The Morgan fingerprint density at radius 2 is 2.26 bits per heavy atom. The number of anilines is 1. The van der Waals surface area contributed by atoms with Crippen LogP contribution in [0.2, 0.25) is 0 Å². The molecule has 6 heteroatoms. The molecular formula is C13H12N4O2. The van der Waals surface area contributed by atoms with E-state index in [1.165, 1.54) is 4.90 Å². The van der Waals surface area contributed by atoms with Crippen LogP contribution in [0, 0.1) is 0 Å². The summed E-state index contributed by atoms with van der Waals surface area (Å²) in [6.45, 7) is 0.829. The van der Waals surface area contributed by atoms with E-state index in [2.05, 4.69) is 9.97 Å². The number of urea groups is 1.